The summed E-state index contributed by atoms with van der Waals surface area (Å²) < 4.78 is 0. The topological polar surface area (TPSA) is 53.9 Å². The lowest BCUT2D eigenvalue weighted by molar-refractivity contribution is -0.123. The molecule has 5 nitrogen and oxygen atoms in total. The van der Waals surface area contributed by atoms with Gasteiger partial charge in [0.15, 0.2) is 5.60 Å². The Morgan fingerprint density at radius 3 is 2.94 bits per heavy atom. The van der Waals surface area contributed by atoms with Crippen molar-refractivity contribution < 1.29 is 9.63 Å². The second kappa shape index (κ2) is 3.73. The van der Waals surface area contributed by atoms with Crippen LogP contribution in [-0.4, -0.2) is 48.3 Å². The van der Waals surface area contributed by atoms with Crippen LogP contribution >= 0.6 is 0 Å². The minimum Gasteiger partial charge on any atom is -0.387 e. The SMILES string of the molecule is O=C(C1=NOC2(CCNC2)C1)N1CCCC1. The van der Waals surface area contributed by atoms with Crippen molar-refractivity contribution in [1.29, 1.82) is 0 Å². The van der Waals surface area contributed by atoms with Crippen LogP contribution in [0.3, 0.4) is 0 Å². The number of likely N-dealkylation sites (tertiary alicyclic amines) is 1. The number of nitrogens with zero attached hydrogens (tertiary/aromatic N) is 2. The monoisotopic (exact) mass is 223 g/mol. The molecule has 1 amide bonds. The summed E-state index contributed by atoms with van der Waals surface area (Å²) in [6.07, 6.45) is 3.86. The van der Waals surface area contributed by atoms with Gasteiger partial charge in [0.25, 0.3) is 5.91 Å². The van der Waals surface area contributed by atoms with E-state index in [-0.39, 0.29) is 11.5 Å². The van der Waals surface area contributed by atoms with Crippen molar-refractivity contribution in [1.82, 2.24) is 10.2 Å². The molecule has 1 N–H and O–H groups in total. The van der Waals surface area contributed by atoms with Gasteiger partial charge in [0.1, 0.15) is 5.71 Å². The van der Waals surface area contributed by atoms with Crippen molar-refractivity contribution in [3.05, 3.63) is 0 Å². The maximum absolute atomic E-state index is 12.1. The van der Waals surface area contributed by atoms with Crippen molar-refractivity contribution in [2.45, 2.75) is 31.3 Å². The molecule has 16 heavy (non-hydrogen) atoms. The van der Waals surface area contributed by atoms with Crippen molar-refractivity contribution in [2.24, 2.45) is 5.16 Å². The maximum Gasteiger partial charge on any atom is 0.271 e. The molecule has 2 fully saturated rings. The van der Waals surface area contributed by atoms with E-state index in [1.54, 1.807) is 0 Å². The Morgan fingerprint density at radius 2 is 2.25 bits per heavy atom. The van der Waals surface area contributed by atoms with E-state index < -0.39 is 0 Å². The molecule has 3 aliphatic heterocycles. The van der Waals surface area contributed by atoms with Crippen LogP contribution in [0.5, 0.6) is 0 Å². The van der Waals surface area contributed by atoms with Crippen LogP contribution in [0.25, 0.3) is 0 Å². The molecule has 2 saturated heterocycles. The van der Waals surface area contributed by atoms with E-state index in [1.807, 2.05) is 4.90 Å². The molecular formula is C11H17N3O2. The van der Waals surface area contributed by atoms with E-state index in [4.69, 9.17) is 4.84 Å². The molecule has 0 saturated carbocycles. The first kappa shape index (κ1) is 10.1. The molecule has 0 bridgehead atoms. The molecule has 3 heterocycles. The standard InChI is InChI=1S/C11H17N3O2/c15-10(14-5-1-2-6-14)9-7-11(16-13-9)3-4-12-8-11/h12H,1-8H2. The number of carbonyl (C=O) groups is 1. The minimum absolute atomic E-state index is 0.0845. The molecule has 3 rings (SSSR count). The highest BCUT2D eigenvalue weighted by Gasteiger charge is 2.44. The third-order valence-electron chi connectivity index (χ3n) is 3.68. The second-order valence-corrected chi connectivity index (χ2v) is 4.92. The molecule has 88 valence electrons. The number of nitrogens with one attached hydrogen (secondary N) is 1. The highest BCUT2D eigenvalue weighted by molar-refractivity contribution is 6.39. The van der Waals surface area contributed by atoms with Gasteiger partial charge in [-0.15, -0.1) is 0 Å². The van der Waals surface area contributed by atoms with Crippen LogP contribution in [0, 0.1) is 0 Å². The van der Waals surface area contributed by atoms with Gasteiger partial charge in [-0.2, -0.15) is 0 Å². The van der Waals surface area contributed by atoms with Crippen molar-refractivity contribution in [3.8, 4) is 0 Å². The maximum atomic E-state index is 12.1. The highest BCUT2D eigenvalue weighted by Crippen LogP contribution is 2.30. The molecule has 0 radical (unpaired) electrons. The number of oxime groups is 1. The largest absolute Gasteiger partial charge is 0.387 e. The summed E-state index contributed by atoms with van der Waals surface area (Å²) in [4.78, 5) is 19.4. The van der Waals surface area contributed by atoms with Crippen molar-refractivity contribution in [2.75, 3.05) is 26.2 Å². The van der Waals surface area contributed by atoms with Crippen LogP contribution in [0.4, 0.5) is 0 Å². The molecule has 0 aromatic heterocycles. The Morgan fingerprint density at radius 1 is 1.44 bits per heavy atom. The molecular weight excluding hydrogens is 206 g/mol. The molecule has 0 aliphatic carbocycles. The first-order valence-corrected chi connectivity index (χ1v) is 6.04. The van der Waals surface area contributed by atoms with Crippen LogP contribution in [0.2, 0.25) is 0 Å². The lowest BCUT2D eigenvalue weighted by atomic mass is 9.96. The number of rotatable bonds is 1. The predicted molar refractivity (Wildman–Crippen MR) is 59.2 cm³/mol. The number of hydrogen-bond donors (Lipinski definition) is 1. The van der Waals surface area contributed by atoms with Crippen LogP contribution in [0.1, 0.15) is 25.7 Å². The summed E-state index contributed by atoms with van der Waals surface area (Å²) in [7, 11) is 0. The molecule has 5 heteroatoms. The van der Waals surface area contributed by atoms with E-state index in [0.29, 0.717) is 12.1 Å². The summed E-state index contributed by atoms with van der Waals surface area (Å²) in [6, 6.07) is 0. The van der Waals surface area contributed by atoms with Crippen LogP contribution in [-0.2, 0) is 9.63 Å². The van der Waals surface area contributed by atoms with Crippen LogP contribution in [0.15, 0.2) is 5.16 Å². The Hall–Kier alpha value is -1.10. The first-order chi connectivity index (χ1) is 7.79. The molecule has 1 atom stereocenters. The minimum atomic E-state index is -0.218. The zero-order valence-electron chi connectivity index (χ0n) is 9.37. The lowest BCUT2D eigenvalue weighted by Crippen LogP contribution is -2.37. The number of hydrogen-bond acceptors (Lipinski definition) is 4. The van der Waals surface area contributed by atoms with Crippen LogP contribution < -0.4 is 5.32 Å². The highest BCUT2D eigenvalue weighted by atomic mass is 16.7. The van der Waals surface area contributed by atoms with Gasteiger partial charge in [0.2, 0.25) is 0 Å². The average Bonchev–Trinajstić information content (AvgIpc) is 3.01. The third kappa shape index (κ3) is 1.59. The van der Waals surface area contributed by atoms with Crippen molar-refractivity contribution in [3.63, 3.8) is 0 Å². The van der Waals surface area contributed by atoms with E-state index in [0.717, 1.165) is 45.4 Å². The van der Waals surface area contributed by atoms with Gasteiger partial charge in [0, 0.05) is 32.5 Å². The van der Waals surface area contributed by atoms with Gasteiger partial charge < -0.3 is 15.1 Å². The fourth-order valence-electron chi connectivity index (χ4n) is 2.69. The number of carbonyl (C=O) groups excluding carboxylic acids is 1. The summed E-state index contributed by atoms with van der Waals surface area (Å²) >= 11 is 0. The summed E-state index contributed by atoms with van der Waals surface area (Å²) in [5.74, 6) is 0.0845. The Balaban J connectivity index is 1.66. The van der Waals surface area contributed by atoms with Gasteiger partial charge >= 0.3 is 0 Å². The van der Waals surface area contributed by atoms with Crippen molar-refractivity contribution >= 4 is 11.6 Å². The lowest BCUT2D eigenvalue weighted by Gasteiger charge is -2.19. The van der Waals surface area contributed by atoms with E-state index in [2.05, 4.69) is 10.5 Å². The molecule has 0 aromatic carbocycles. The Kier molecular flexibility index (Phi) is 2.35. The molecule has 1 spiro atoms. The quantitative estimate of drug-likeness (QED) is 0.687. The summed E-state index contributed by atoms with van der Waals surface area (Å²) in [5, 5.41) is 7.26. The zero-order chi connectivity index (χ0) is 11.0. The van der Waals surface area contributed by atoms with E-state index in [9.17, 15) is 4.79 Å². The summed E-state index contributed by atoms with van der Waals surface area (Å²) in [5.41, 5.74) is 0.399. The van der Waals surface area contributed by atoms with Gasteiger partial charge in [-0.25, -0.2) is 0 Å². The van der Waals surface area contributed by atoms with Gasteiger partial charge in [-0.1, -0.05) is 5.16 Å². The van der Waals surface area contributed by atoms with Gasteiger partial charge in [-0.05, 0) is 19.4 Å². The Labute approximate surface area is 94.8 Å². The smallest absolute Gasteiger partial charge is 0.271 e. The fourth-order valence-corrected chi connectivity index (χ4v) is 2.69. The average molecular weight is 223 g/mol. The van der Waals surface area contributed by atoms with E-state index >= 15 is 0 Å². The Bertz CT molecular complexity index is 328. The fraction of sp³-hybridized carbons (Fsp3) is 0.818. The first-order valence-electron chi connectivity index (χ1n) is 6.04. The predicted octanol–water partition coefficient (Wildman–Crippen LogP) is 0.117. The molecule has 1 unspecified atom stereocenters. The molecule has 0 aromatic rings. The number of amides is 1. The second-order valence-electron chi connectivity index (χ2n) is 4.92. The zero-order valence-corrected chi connectivity index (χ0v) is 9.37. The van der Waals surface area contributed by atoms with E-state index in [1.165, 1.54) is 0 Å². The summed E-state index contributed by atoms with van der Waals surface area (Å²) in [6.45, 7) is 3.53. The normalized spacial score (nSPS) is 33.2. The van der Waals surface area contributed by atoms with Gasteiger partial charge in [0.05, 0.1) is 0 Å². The molecule has 3 aliphatic rings. The third-order valence-corrected chi connectivity index (χ3v) is 3.68. The van der Waals surface area contributed by atoms with Gasteiger partial charge in [-0.3, -0.25) is 4.79 Å².